The summed E-state index contributed by atoms with van der Waals surface area (Å²) in [5.41, 5.74) is 0. The Morgan fingerprint density at radius 1 is 1.47 bits per heavy atom. The van der Waals surface area contributed by atoms with E-state index in [2.05, 4.69) is 21.2 Å². The van der Waals surface area contributed by atoms with Crippen molar-refractivity contribution >= 4 is 39.1 Å². The van der Waals surface area contributed by atoms with Gasteiger partial charge in [0.05, 0.1) is 15.6 Å². The summed E-state index contributed by atoms with van der Waals surface area (Å²) in [6, 6.07) is 3.78. The summed E-state index contributed by atoms with van der Waals surface area (Å²) in [6.07, 6.45) is 0. The van der Waals surface area contributed by atoms with E-state index in [1.54, 1.807) is 13.8 Å². The summed E-state index contributed by atoms with van der Waals surface area (Å²) < 4.78 is 0.978. The van der Waals surface area contributed by atoms with Crippen LogP contribution in [0.5, 0.6) is 0 Å². The fraction of sp³-hybridized carbons (Fsp3) is 0.455. The maximum absolute atomic E-state index is 11.8. The minimum atomic E-state index is -0.906. The van der Waals surface area contributed by atoms with Gasteiger partial charge in [-0.05, 0) is 35.0 Å². The molecule has 0 aromatic carbocycles. The molecule has 2 unspecified atom stereocenters. The highest BCUT2D eigenvalue weighted by Crippen LogP contribution is 2.28. The minimum Gasteiger partial charge on any atom is -0.481 e. The van der Waals surface area contributed by atoms with E-state index in [1.807, 2.05) is 12.1 Å². The first-order valence-electron chi connectivity index (χ1n) is 5.17. The first kappa shape index (κ1) is 14.2. The summed E-state index contributed by atoms with van der Waals surface area (Å²) in [4.78, 5) is 23.3. The smallest absolute Gasteiger partial charge is 0.308 e. The van der Waals surface area contributed by atoms with Crippen molar-refractivity contribution in [3.8, 4) is 0 Å². The Hall–Kier alpha value is -0.880. The molecule has 2 N–H and O–H groups in total. The van der Waals surface area contributed by atoms with Crippen LogP contribution in [0.4, 0.5) is 0 Å². The van der Waals surface area contributed by atoms with Gasteiger partial charge in [-0.2, -0.15) is 0 Å². The van der Waals surface area contributed by atoms with Crippen LogP contribution in [0.3, 0.4) is 0 Å². The zero-order valence-corrected chi connectivity index (χ0v) is 12.0. The zero-order valence-electron chi connectivity index (χ0n) is 9.57. The Balaban J connectivity index is 2.50. The number of rotatable bonds is 5. The van der Waals surface area contributed by atoms with Crippen molar-refractivity contribution in [2.45, 2.75) is 19.8 Å². The van der Waals surface area contributed by atoms with E-state index in [0.717, 1.165) is 8.66 Å². The van der Waals surface area contributed by atoms with E-state index in [-0.39, 0.29) is 18.4 Å². The summed E-state index contributed by atoms with van der Waals surface area (Å²) >= 11 is 4.84. The van der Waals surface area contributed by atoms with Crippen molar-refractivity contribution < 1.29 is 14.7 Å². The highest BCUT2D eigenvalue weighted by atomic mass is 79.9. The molecule has 0 saturated carbocycles. The maximum atomic E-state index is 11.8. The van der Waals surface area contributed by atoms with Gasteiger partial charge in [-0.15, -0.1) is 11.3 Å². The number of carbonyl (C=O) groups excluding carboxylic acids is 1. The Morgan fingerprint density at radius 3 is 2.59 bits per heavy atom. The van der Waals surface area contributed by atoms with Crippen LogP contribution in [0.25, 0.3) is 0 Å². The Bertz CT molecular complexity index is 419. The molecule has 1 amide bonds. The highest BCUT2D eigenvalue weighted by molar-refractivity contribution is 9.11. The molecule has 17 heavy (non-hydrogen) atoms. The molecule has 4 nitrogen and oxygen atoms in total. The molecule has 0 bridgehead atoms. The standard InChI is InChI=1S/C11H14BrNO3S/c1-6(11(15)16)5-13-10(14)7(2)8-3-4-9(12)17-8/h3-4,6-7H,5H2,1-2H3,(H,13,14)(H,15,16). The normalized spacial score (nSPS) is 14.1. The number of hydrogen-bond acceptors (Lipinski definition) is 3. The molecule has 0 aliphatic heterocycles. The number of carboxylic acids is 1. The molecule has 2 atom stereocenters. The Kier molecular flexibility index (Phi) is 5.14. The van der Waals surface area contributed by atoms with Gasteiger partial charge >= 0.3 is 5.97 Å². The molecule has 0 aliphatic carbocycles. The van der Waals surface area contributed by atoms with Gasteiger partial charge in [-0.1, -0.05) is 6.92 Å². The molecule has 0 spiro atoms. The van der Waals surface area contributed by atoms with Crippen LogP contribution in [0.2, 0.25) is 0 Å². The first-order valence-corrected chi connectivity index (χ1v) is 6.78. The van der Waals surface area contributed by atoms with Crippen molar-refractivity contribution in [2.24, 2.45) is 5.92 Å². The minimum absolute atomic E-state index is 0.146. The topological polar surface area (TPSA) is 66.4 Å². The van der Waals surface area contributed by atoms with Gasteiger partial charge in [0.25, 0.3) is 0 Å². The molecular weight excluding hydrogens is 306 g/mol. The van der Waals surface area contributed by atoms with E-state index in [1.165, 1.54) is 11.3 Å². The number of carbonyl (C=O) groups is 2. The lowest BCUT2D eigenvalue weighted by Crippen LogP contribution is -2.33. The number of aliphatic carboxylic acids is 1. The average molecular weight is 320 g/mol. The van der Waals surface area contributed by atoms with Crippen LogP contribution in [-0.4, -0.2) is 23.5 Å². The second-order valence-electron chi connectivity index (χ2n) is 3.85. The second-order valence-corrected chi connectivity index (χ2v) is 6.34. The van der Waals surface area contributed by atoms with Crippen molar-refractivity contribution in [1.29, 1.82) is 0 Å². The van der Waals surface area contributed by atoms with Gasteiger partial charge in [-0.3, -0.25) is 9.59 Å². The largest absolute Gasteiger partial charge is 0.481 e. The van der Waals surface area contributed by atoms with Crippen LogP contribution in [0, 0.1) is 5.92 Å². The van der Waals surface area contributed by atoms with Crippen LogP contribution in [0.1, 0.15) is 24.6 Å². The molecule has 1 rings (SSSR count). The number of carboxylic acid groups (broad SMARTS) is 1. The molecule has 0 saturated heterocycles. The van der Waals surface area contributed by atoms with E-state index in [9.17, 15) is 9.59 Å². The molecule has 6 heteroatoms. The third kappa shape index (κ3) is 4.12. The molecule has 94 valence electrons. The molecule has 1 aromatic rings. The van der Waals surface area contributed by atoms with Gasteiger partial charge in [0.15, 0.2) is 0 Å². The lowest BCUT2D eigenvalue weighted by Gasteiger charge is -2.12. The third-order valence-corrected chi connectivity index (χ3v) is 4.22. The highest BCUT2D eigenvalue weighted by Gasteiger charge is 2.19. The van der Waals surface area contributed by atoms with Crippen molar-refractivity contribution in [3.05, 3.63) is 20.8 Å². The second kappa shape index (κ2) is 6.16. The van der Waals surface area contributed by atoms with Crippen LogP contribution < -0.4 is 5.32 Å². The van der Waals surface area contributed by atoms with E-state index < -0.39 is 11.9 Å². The molecule has 0 fully saturated rings. The Labute approximate surface area is 112 Å². The van der Waals surface area contributed by atoms with E-state index >= 15 is 0 Å². The lowest BCUT2D eigenvalue weighted by atomic mass is 10.1. The molecule has 1 aromatic heterocycles. The van der Waals surface area contributed by atoms with Gasteiger partial charge in [-0.25, -0.2) is 0 Å². The van der Waals surface area contributed by atoms with Crippen molar-refractivity contribution in [3.63, 3.8) is 0 Å². The maximum Gasteiger partial charge on any atom is 0.308 e. The molecule has 0 aliphatic rings. The number of hydrogen-bond donors (Lipinski definition) is 2. The Morgan fingerprint density at radius 2 is 2.12 bits per heavy atom. The number of amides is 1. The fourth-order valence-corrected chi connectivity index (χ4v) is 2.66. The van der Waals surface area contributed by atoms with Gasteiger partial charge < -0.3 is 10.4 Å². The molecular formula is C11H14BrNO3S. The number of halogens is 1. The lowest BCUT2D eigenvalue weighted by molar-refractivity contribution is -0.141. The monoisotopic (exact) mass is 319 g/mol. The first-order chi connectivity index (χ1) is 7.91. The summed E-state index contributed by atoms with van der Waals surface area (Å²) in [5.74, 6) is -1.88. The third-order valence-electron chi connectivity index (χ3n) is 2.42. The van der Waals surface area contributed by atoms with Crippen LogP contribution in [0.15, 0.2) is 15.9 Å². The number of nitrogens with one attached hydrogen (secondary N) is 1. The fourth-order valence-electron chi connectivity index (χ4n) is 1.18. The van der Waals surface area contributed by atoms with Gasteiger partial charge in [0.2, 0.25) is 5.91 Å². The predicted octanol–water partition coefficient (Wildman–Crippen LogP) is 2.45. The van der Waals surface area contributed by atoms with Crippen molar-refractivity contribution in [2.75, 3.05) is 6.54 Å². The summed E-state index contributed by atoms with van der Waals surface area (Å²) in [5, 5.41) is 11.3. The molecule has 0 radical (unpaired) electrons. The van der Waals surface area contributed by atoms with Crippen LogP contribution in [-0.2, 0) is 9.59 Å². The zero-order chi connectivity index (χ0) is 13.0. The summed E-state index contributed by atoms with van der Waals surface area (Å²) in [6.45, 7) is 3.53. The van der Waals surface area contributed by atoms with Gasteiger partial charge in [0.1, 0.15) is 0 Å². The van der Waals surface area contributed by atoms with Crippen LogP contribution >= 0.6 is 27.3 Å². The summed E-state index contributed by atoms with van der Waals surface area (Å²) in [7, 11) is 0. The van der Waals surface area contributed by atoms with E-state index in [4.69, 9.17) is 5.11 Å². The predicted molar refractivity (Wildman–Crippen MR) is 70.2 cm³/mol. The van der Waals surface area contributed by atoms with Gasteiger partial charge in [0, 0.05) is 11.4 Å². The molecule has 1 heterocycles. The number of thiophene rings is 1. The quantitative estimate of drug-likeness (QED) is 0.876. The average Bonchev–Trinajstić information content (AvgIpc) is 2.70. The van der Waals surface area contributed by atoms with Crippen molar-refractivity contribution in [1.82, 2.24) is 5.32 Å². The van der Waals surface area contributed by atoms with E-state index in [0.29, 0.717) is 0 Å². The SMILES string of the molecule is CC(CNC(=O)C(C)c1ccc(Br)s1)C(=O)O.